The van der Waals surface area contributed by atoms with Crippen molar-refractivity contribution in [3.05, 3.63) is 35.4 Å². The fourth-order valence-electron chi connectivity index (χ4n) is 2.90. The van der Waals surface area contributed by atoms with Crippen molar-refractivity contribution in [3.63, 3.8) is 0 Å². The maximum absolute atomic E-state index is 3.78. The molecule has 0 heterocycles. The van der Waals surface area contributed by atoms with E-state index in [-0.39, 0.29) is 0 Å². The molecule has 16 heavy (non-hydrogen) atoms. The SMILES string of the molecule is CCC1(CNC2Cc3ccccc3C2)CC1. The molecule has 1 aromatic rings. The van der Waals surface area contributed by atoms with Gasteiger partial charge < -0.3 is 5.32 Å². The molecule has 1 N–H and O–H groups in total. The summed E-state index contributed by atoms with van der Waals surface area (Å²) in [6.07, 6.45) is 6.69. The molecule has 2 aliphatic rings. The number of benzene rings is 1. The topological polar surface area (TPSA) is 12.0 Å². The summed E-state index contributed by atoms with van der Waals surface area (Å²) in [4.78, 5) is 0. The Kier molecular flexibility index (Phi) is 2.51. The first-order valence-electron chi connectivity index (χ1n) is 6.61. The third kappa shape index (κ3) is 1.89. The van der Waals surface area contributed by atoms with Crippen molar-refractivity contribution in [1.82, 2.24) is 5.32 Å². The van der Waals surface area contributed by atoms with Gasteiger partial charge in [0.15, 0.2) is 0 Å². The standard InChI is InChI=1S/C15H21N/c1-2-15(7-8-15)11-16-14-9-12-5-3-4-6-13(12)10-14/h3-6,14,16H,2,7-11H2,1H3. The average Bonchev–Trinajstić information content (AvgIpc) is 2.98. The lowest BCUT2D eigenvalue weighted by atomic mass is 10.0. The molecule has 0 aliphatic heterocycles. The van der Waals surface area contributed by atoms with E-state index in [4.69, 9.17) is 0 Å². The van der Waals surface area contributed by atoms with Gasteiger partial charge in [-0.3, -0.25) is 0 Å². The molecule has 0 unspecified atom stereocenters. The Morgan fingerprint density at radius 3 is 2.31 bits per heavy atom. The summed E-state index contributed by atoms with van der Waals surface area (Å²) in [6, 6.07) is 9.58. The summed E-state index contributed by atoms with van der Waals surface area (Å²) in [5.74, 6) is 0. The molecule has 0 radical (unpaired) electrons. The monoisotopic (exact) mass is 215 g/mol. The normalized spacial score (nSPS) is 22.1. The lowest BCUT2D eigenvalue weighted by Gasteiger charge is -2.17. The van der Waals surface area contributed by atoms with Gasteiger partial charge in [-0.15, -0.1) is 0 Å². The minimum absolute atomic E-state index is 0.675. The zero-order chi connectivity index (χ0) is 11.0. The van der Waals surface area contributed by atoms with Gasteiger partial charge in [0.25, 0.3) is 0 Å². The second-order valence-corrected chi connectivity index (χ2v) is 5.61. The minimum atomic E-state index is 0.675. The van der Waals surface area contributed by atoms with Crippen LogP contribution < -0.4 is 5.32 Å². The van der Waals surface area contributed by atoms with Crippen molar-refractivity contribution in [2.45, 2.75) is 45.1 Å². The number of hydrogen-bond donors (Lipinski definition) is 1. The number of fused-ring (bicyclic) bond motifs is 1. The Bertz CT molecular complexity index is 354. The third-order valence-electron chi connectivity index (χ3n) is 4.52. The quantitative estimate of drug-likeness (QED) is 0.814. The number of rotatable bonds is 4. The van der Waals surface area contributed by atoms with Gasteiger partial charge in [-0.05, 0) is 48.6 Å². The van der Waals surface area contributed by atoms with Crippen molar-refractivity contribution in [1.29, 1.82) is 0 Å². The highest BCUT2D eigenvalue weighted by molar-refractivity contribution is 5.33. The van der Waals surface area contributed by atoms with Crippen LogP contribution in [0.1, 0.15) is 37.3 Å². The Labute approximate surface area is 98.3 Å². The molecule has 0 atom stereocenters. The molecular weight excluding hydrogens is 194 g/mol. The first-order chi connectivity index (χ1) is 7.81. The van der Waals surface area contributed by atoms with Crippen LogP contribution in [0.15, 0.2) is 24.3 Å². The van der Waals surface area contributed by atoms with Gasteiger partial charge in [0, 0.05) is 12.6 Å². The van der Waals surface area contributed by atoms with E-state index in [1.54, 1.807) is 11.1 Å². The van der Waals surface area contributed by atoms with E-state index >= 15 is 0 Å². The van der Waals surface area contributed by atoms with E-state index in [9.17, 15) is 0 Å². The average molecular weight is 215 g/mol. The second-order valence-electron chi connectivity index (χ2n) is 5.61. The molecule has 3 rings (SSSR count). The second kappa shape index (κ2) is 3.89. The summed E-state index contributed by atoms with van der Waals surface area (Å²) in [5, 5.41) is 3.78. The van der Waals surface area contributed by atoms with Gasteiger partial charge >= 0.3 is 0 Å². The summed E-state index contributed by atoms with van der Waals surface area (Å²) in [7, 11) is 0. The van der Waals surface area contributed by atoms with Crippen LogP contribution in [0.5, 0.6) is 0 Å². The predicted molar refractivity (Wildman–Crippen MR) is 67.6 cm³/mol. The lowest BCUT2D eigenvalue weighted by Crippen LogP contribution is -2.34. The smallest absolute Gasteiger partial charge is 0.0148 e. The highest BCUT2D eigenvalue weighted by atomic mass is 14.9. The molecular formula is C15H21N. The van der Waals surface area contributed by atoms with Crippen molar-refractivity contribution in [3.8, 4) is 0 Å². The Balaban J connectivity index is 1.56. The molecule has 0 saturated heterocycles. The van der Waals surface area contributed by atoms with E-state index < -0.39 is 0 Å². The first-order valence-corrected chi connectivity index (χ1v) is 6.61. The maximum Gasteiger partial charge on any atom is 0.0148 e. The molecule has 86 valence electrons. The van der Waals surface area contributed by atoms with Crippen molar-refractivity contribution < 1.29 is 0 Å². The van der Waals surface area contributed by atoms with Crippen molar-refractivity contribution in [2.24, 2.45) is 5.41 Å². The molecule has 0 amide bonds. The molecule has 2 aliphatic carbocycles. The highest BCUT2D eigenvalue weighted by Gasteiger charge is 2.40. The van der Waals surface area contributed by atoms with Crippen LogP contribution in [0.2, 0.25) is 0 Å². The maximum atomic E-state index is 3.78. The Morgan fingerprint density at radius 1 is 1.19 bits per heavy atom. The van der Waals surface area contributed by atoms with Gasteiger partial charge in [-0.2, -0.15) is 0 Å². The molecule has 1 saturated carbocycles. The van der Waals surface area contributed by atoms with Crippen molar-refractivity contribution in [2.75, 3.05) is 6.54 Å². The first kappa shape index (κ1) is 10.3. The van der Waals surface area contributed by atoms with E-state index in [1.165, 1.54) is 38.6 Å². The predicted octanol–water partition coefficient (Wildman–Crippen LogP) is 2.93. The van der Waals surface area contributed by atoms with E-state index in [0.717, 1.165) is 0 Å². The number of nitrogens with one attached hydrogen (secondary N) is 1. The molecule has 0 spiro atoms. The Hall–Kier alpha value is -0.820. The van der Waals surface area contributed by atoms with Crippen LogP contribution in [-0.4, -0.2) is 12.6 Å². The molecule has 1 fully saturated rings. The molecule has 1 heteroatoms. The fourth-order valence-corrected chi connectivity index (χ4v) is 2.90. The van der Waals surface area contributed by atoms with E-state index in [0.29, 0.717) is 11.5 Å². The van der Waals surface area contributed by atoms with Crippen LogP contribution in [0.25, 0.3) is 0 Å². The summed E-state index contributed by atoms with van der Waals surface area (Å²) in [6.45, 7) is 3.57. The summed E-state index contributed by atoms with van der Waals surface area (Å²) >= 11 is 0. The molecule has 1 nitrogen and oxygen atoms in total. The van der Waals surface area contributed by atoms with Crippen LogP contribution in [-0.2, 0) is 12.8 Å². The molecule has 1 aromatic carbocycles. The zero-order valence-electron chi connectivity index (χ0n) is 10.1. The van der Waals surface area contributed by atoms with Crippen LogP contribution in [0.4, 0.5) is 0 Å². The lowest BCUT2D eigenvalue weighted by molar-refractivity contribution is 0.404. The van der Waals surface area contributed by atoms with Gasteiger partial charge in [0.05, 0.1) is 0 Å². The third-order valence-corrected chi connectivity index (χ3v) is 4.52. The van der Waals surface area contributed by atoms with E-state index in [1.807, 2.05) is 0 Å². The Morgan fingerprint density at radius 2 is 1.81 bits per heavy atom. The van der Waals surface area contributed by atoms with Crippen LogP contribution in [0.3, 0.4) is 0 Å². The van der Waals surface area contributed by atoms with Crippen LogP contribution in [0, 0.1) is 5.41 Å². The zero-order valence-corrected chi connectivity index (χ0v) is 10.1. The van der Waals surface area contributed by atoms with Gasteiger partial charge in [0.2, 0.25) is 0 Å². The van der Waals surface area contributed by atoms with Gasteiger partial charge in [0.1, 0.15) is 0 Å². The summed E-state index contributed by atoms with van der Waals surface area (Å²) < 4.78 is 0. The van der Waals surface area contributed by atoms with Crippen LogP contribution >= 0.6 is 0 Å². The van der Waals surface area contributed by atoms with Gasteiger partial charge in [-0.1, -0.05) is 31.2 Å². The summed E-state index contributed by atoms with van der Waals surface area (Å²) in [5.41, 5.74) is 3.79. The molecule has 0 bridgehead atoms. The highest BCUT2D eigenvalue weighted by Crippen LogP contribution is 2.48. The fraction of sp³-hybridized carbons (Fsp3) is 0.600. The van der Waals surface area contributed by atoms with Crippen molar-refractivity contribution >= 4 is 0 Å². The van der Waals surface area contributed by atoms with Gasteiger partial charge in [-0.25, -0.2) is 0 Å². The largest absolute Gasteiger partial charge is 0.313 e. The van der Waals surface area contributed by atoms with E-state index in [2.05, 4.69) is 36.5 Å². The molecule has 0 aromatic heterocycles. The number of hydrogen-bond acceptors (Lipinski definition) is 1. The minimum Gasteiger partial charge on any atom is -0.313 e.